The molecule has 0 bridgehead atoms. The molecule has 0 unspecified atom stereocenters. The molecule has 0 spiro atoms. The fourth-order valence-corrected chi connectivity index (χ4v) is 2.29. The van der Waals surface area contributed by atoms with E-state index in [9.17, 15) is 4.79 Å². The van der Waals surface area contributed by atoms with Gasteiger partial charge >= 0.3 is 6.03 Å². The molecule has 0 saturated heterocycles. The highest BCUT2D eigenvalue weighted by molar-refractivity contribution is 5.74. The van der Waals surface area contributed by atoms with Gasteiger partial charge in [0.05, 0.1) is 6.67 Å². The van der Waals surface area contributed by atoms with Gasteiger partial charge in [0.2, 0.25) is 0 Å². The first-order valence-electron chi connectivity index (χ1n) is 6.15. The van der Waals surface area contributed by atoms with E-state index in [1.165, 1.54) is 19.3 Å². The normalized spacial score (nSPS) is 17.6. The molecule has 4 heteroatoms. The maximum Gasteiger partial charge on any atom is 0.320 e. The molecule has 0 aromatic rings. The molecular formula is C12H25N3O. The number of carbonyl (C=O) groups excluding carboxylic acids is 1. The lowest BCUT2D eigenvalue weighted by Crippen LogP contribution is -2.50. The Kier molecular flexibility index (Phi) is 5.06. The number of carbonyl (C=O) groups is 1. The number of hydrogen-bond acceptors (Lipinski definition) is 2. The van der Waals surface area contributed by atoms with Gasteiger partial charge in [-0.1, -0.05) is 19.3 Å². The van der Waals surface area contributed by atoms with E-state index in [0.717, 1.165) is 19.5 Å². The summed E-state index contributed by atoms with van der Waals surface area (Å²) in [6, 6.07) is 0.576. The Bertz CT molecular complexity index is 222. The fraction of sp³-hybridized carbons (Fsp3) is 0.917. The van der Waals surface area contributed by atoms with Crippen LogP contribution in [-0.4, -0.2) is 61.6 Å². The van der Waals surface area contributed by atoms with Gasteiger partial charge in [-0.25, -0.2) is 4.79 Å². The number of hydrogen-bond donors (Lipinski definition) is 0. The molecule has 2 amide bonds. The molecule has 1 aliphatic carbocycles. The van der Waals surface area contributed by atoms with Crippen LogP contribution in [0.2, 0.25) is 0 Å². The SMILES string of the molecule is CN(C)CN(C(=O)N(C)C)C1CCCCC1. The summed E-state index contributed by atoms with van der Waals surface area (Å²) in [5.41, 5.74) is 0. The monoisotopic (exact) mass is 227 g/mol. The van der Waals surface area contributed by atoms with Gasteiger partial charge in [0.25, 0.3) is 0 Å². The molecule has 0 aromatic carbocycles. The Morgan fingerprint density at radius 2 is 1.62 bits per heavy atom. The van der Waals surface area contributed by atoms with Crippen molar-refractivity contribution < 1.29 is 4.79 Å². The van der Waals surface area contributed by atoms with Gasteiger partial charge in [-0.05, 0) is 26.9 Å². The molecule has 1 rings (SSSR count). The van der Waals surface area contributed by atoms with Crippen LogP contribution in [0.5, 0.6) is 0 Å². The van der Waals surface area contributed by atoms with E-state index in [4.69, 9.17) is 0 Å². The largest absolute Gasteiger partial charge is 0.331 e. The summed E-state index contributed by atoms with van der Waals surface area (Å²) >= 11 is 0. The smallest absolute Gasteiger partial charge is 0.320 e. The molecule has 0 aromatic heterocycles. The second-order valence-electron chi connectivity index (χ2n) is 5.16. The van der Waals surface area contributed by atoms with Crippen molar-refractivity contribution in [1.29, 1.82) is 0 Å². The Balaban J connectivity index is 2.65. The average molecular weight is 227 g/mol. The van der Waals surface area contributed by atoms with Crippen molar-refractivity contribution in [3.63, 3.8) is 0 Å². The molecule has 1 saturated carbocycles. The van der Waals surface area contributed by atoms with E-state index < -0.39 is 0 Å². The fourth-order valence-electron chi connectivity index (χ4n) is 2.29. The van der Waals surface area contributed by atoms with E-state index in [1.54, 1.807) is 4.90 Å². The van der Waals surface area contributed by atoms with Gasteiger partial charge in [-0.15, -0.1) is 0 Å². The second-order valence-corrected chi connectivity index (χ2v) is 5.16. The Morgan fingerprint density at radius 3 is 2.06 bits per heavy atom. The van der Waals surface area contributed by atoms with Crippen LogP contribution in [-0.2, 0) is 0 Å². The zero-order chi connectivity index (χ0) is 12.1. The molecule has 0 N–H and O–H groups in total. The van der Waals surface area contributed by atoms with Gasteiger partial charge in [0.1, 0.15) is 0 Å². The van der Waals surface area contributed by atoms with Crippen molar-refractivity contribution in [3.05, 3.63) is 0 Å². The van der Waals surface area contributed by atoms with Gasteiger partial charge < -0.3 is 9.80 Å². The molecule has 1 aliphatic rings. The number of nitrogens with zero attached hydrogens (tertiary/aromatic N) is 3. The molecule has 1 fully saturated rings. The summed E-state index contributed by atoms with van der Waals surface area (Å²) in [5.74, 6) is 0. The van der Waals surface area contributed by atoms with Crippen LogP contribution in [0.25, 0.3) is 0 Å². The molecule has 16 heavy (non-hydrogen) atoms. The summed E-state index contributed by atoms with van der Waals surface area (Å²) in [6.45, 7) is 0.724. The topological polar surface area (TPSA) is 26.8 Å². The van der Waals surface area contributed by atoms with E-state index in [0.29, 0.717) is 6.04 Å². The first-order chi connectivity index (χ1) is 7.52. The Labute approximate surface area is 99.2 Å². The third-order valence-electron chi connectivity index (χ3n) is 3.08. The molecule has 0 atom stereocenters. The van der Waals surface area contributed by atoms with Crippen molar-refractivity contribution in [1.82, 2.24) is 14.7 Å². The lowest BCUT2D eigenvalue weighted by molar-refractivity contribution is 0.101. The van der Waals surface area contributed by atoms with Crippen LogP contribution < -0.4 is 0 Å². The van der Waals surface area contributed by atoms with Crippen molar-refractivity contribution in [3.8, 4) is 0 Å². The van der Waals surface area contributed by atoms with E-state index in [-0.39, 0.29) is 6.03 Å². The van der Waals surface area contributed by atoms with Crippen molar-refractivity contribution in [2.75, 3.05) is 34.9 Å². The van der Waals surface area contributed by atoms with Gasteiger partial charge in [-0.2, -0.15) is 0 Å². The highest BCUT2D eigenvalue weighted by Gasteiger charge is 2.26. The van der Waals surface area contributed by atoms with Crippen LogP contribution in [0.3, 0.4) is 0 Å². The Hall–Kier alpha value is -0.770. The van der Waals surface area contributed by atoms with Gasteiger partial charge in [-0.3, -0.25) is 4.90 Å². The predicted molar refractivity (Wildman–Crippen MR) is 66.3 cm³/mol. The zero-order valence-corrected chi connectivity index (χ0v) is 11.1. The highest BCUT2D eigenvalue weighted by Crippen LogP contribution is 2.23. The first-order valence-corrected chi connectivity index (χ1v) is 6.15. The minimum atomic E-state index is 0.139. The standard InChI is InChI=1S/C12H25N3O/c1-13(2)10-15(12(16)14(3)4)11-8-6-5-7-9-11/h11H,5-10H2,1-4H3. The van der Waals surface area contributed by atoms with Crippen molar-refractivity contribution in [2.45, 2.75) is 38.1 Å². The summed E-state index contributed by atoms with van der Waals surface area (Å²) in [4.78, 5) is 17.9. The highest BCUT2D eigenvalue weighted by atomic mass is 16.2. The van der Waals surface area contributed by atoms with E-state index in [2.05, 4.69) is 4.90 Å². The van der Waals surface area contributed by atoms with E-state index >= 15 is 0 Å². The minimum Gasteiger partial charge on any atom is -0.331 e. The first kappa shape index (κ1) is 13.3. The van der Waals surface area contributed by atoms with Crippen LogP contribution in [0.15, 0.2) is 0 Å². The molecule has 0 heterocycles. The quantitative estimate of drug-likeness (QED) is 0.688. The zero-order valence-electron chi connectivity index (χ0n) is 11.1. The average Bonchev–Trinajstić information content (AvgIpc) is 2.26. The van der Waals surface area contributed by atoms with Gasteiger partial charge in [0.15, 0.2) is 0 Å². The van der Waals surface area contributed by atoms with Crippen LogP contribution in [0, 0.1) is 0 Å². The van der Waals surface area contributed by atoms with Crippen LogP contribution in [0.1, 0.15) is 32.1 Å². The summed E-state index contributed by atoms with van der Waals surface area (Å²) in [6.07, 6.45) is 6.16. The second kappa shape index (κ2) is 6.09. The lowest BCUT2D eigenvalue weighted by atomic mass is 9.94. The molecule has 94 valence electrons. The minimum absolute atomic E-state index is 0.139. The molecule has 0 aliphatic heterocycles. The third-order valence-corrected chi connectivity index (χ3v) is 3.08. The molecular weight excluding hydrogens is 202 g/mol. The summed E-state index contributed by atoms with van der Waals surface area (Å²) in [7, 11) is 7.68. The third kappa shape index (κ3) is 3.67. The predicted octanol–water partition coefficient (Wildman–Crippen LogP) is 1.82. The van der Waals surface area contributed by atoms with E-state index in [1.807, 2.05) is 33.1 Å². The molecule has 0 radical (unpaired) electrons. The molecule has 4 nitrogen and oxygen atoms in total. The number of urea groups is 1. The van der Waals surface area contributed by atoms with Crippen molar-refractivity contribution >= 4 is 6.03 Å². The summed E-state index contributed by atoms with van der Waals surface area (Å²) in [5, 5.41) is 0. The number of amides is 2. The van der Waals surface area contributed by atoms with Crippen molar-refractivity contribution in [2.24, 2.45) is 0 Å². The maximum absolute atomic E-state index is 12.1. The van der Waals surface area contributed by atoms with Crippen LogP contribution >= 0.6 is 0 Å². The maximum atomic E-state index is 12.1. The lowest BCUT2D eigenvalue weighted by Gasteiger charge is -2.37. The summed E-state index contributed by atoms with van der Waals surface area (Å²) < 4.78 is 0. The van der Waals surface area contributed by atoms with Gasteiger partial charge in [0, 0.05) is 20.1 Å². The van der Waals surface area contributed by atoms with Crippen LogP contribution in [0.4, 0.5) is 4.79 Å². The Morgan fingerprint density at radius 1 is 1.06 bits per heavy atom. The number of rotatable bonds is 3.